The molecule has 0 fully saturated rings. The van der Waals surface area contributed by atoms with Crippen LogP contribution in [-0.4, -0.2) is 13.2 Å². The number of rotatable bonds is 3. The molecule has 20 heavy (non-hydrogen) atoms. The molecule has 0 aliphatic carbocycles. The third-order valence-corrected chi connectivity index (χ3v) is 2.96. The fraction of sp³-hybridized carbons (Fsp3) is 0.0714. The molecule has 104 valence electrons. The van der Waals surface area contributed by atoms with Crippen LogP contribution >= 0.6 is 23.2 Å². The average Bonchev–Trinajstić information content (AvgIpc) is 2.43. The summed E-state index contributed by atoms with van der Waals surface area (Å²) >= 11 is 11.7. The Kier molecular flexibility index (Phi) is 4.71. The van der Waals surface area contributed by atoms with Crippen molar-refractivity contribution in [3.05, 3.63) is 52.5 Å². The predicted molar refractivity (Wildman–Crippen MR) is 79.1 cm³/mol. The van der Waals surface area contributed by atoms with Gasteiger partial charge in [0.15, 0.2) is 5.75 Å². The van der Waals surface area contributed by atoms with Crippen molar-refractivity contribution in [1.29, 1.82) is 0 Å². The van der Waals surface area contributed by atoms with Crippen molar-refractivity contribution in [2.24, 2.45) is 0 Å². The first kappa shape index (κ1) is 14.5. The van der Waals surface area contributed by atoms with Crippen LogP contribution in [0.1, 0.15) is 0 Å². The highest BCUT2D eigenvalue weighted by molar-refractivity contribution is 6.35. The molecule has 0 unspecified atom stereocenters. The summed E-state index contributed by atoms with van der Waals surface area (Å²) in [5, 5.41) is 3.31. The average molecular weight is 312 g/mol. The van der Waals surface area contributed by atoms with E-state index in [0.29, 0.717) is 16.5 Å². The molecule has 1 N–H and O–H groups in total. The van der Waals surface area contributed by atoms with Crippen molar-refractivity contribution in [2.45, 2.75) is 0 Å². The minimum absolute atomic E-state index is 0.238. The largest absolute Gasteiger partial charge is 0.497 e. The second-order valence-electron chi connectivity index (χ2n) is 3.82. The minimum atomic E-state index is -0.639. The Labute approximate surface area is 126 Å². The topological polar surface area (TPSA) is 47.6 Å². The Bertz CT molecular complexity index is 614. The van der Waals surface area contributed by atoms with Crippen LogP contribution in [-0.2, 0) is 0 Å². The van der Waals surface area contributed by atoms with Crippen molar-refractivity contribution in [1.82, 2.24) is 0 Å². The van der Waals surface area contributed by atoms with Gasteiger partial charge in [0.2, 0.25) is 0 Å². The summed E-state index contributed by atoms with van der Waals surface area (Å²) < 4.78 is 10.1. The molecular weight excluding hydrogens is 301 g/mol. The summed E-state index contributed by atoms with van der Waals surface area (Å²) in [5.74, 6) is 0.937. The lowest BCUT2D eigenvalue weighted by Gasteiger charge is -2.08. The van der Waals surface area contributed by atoms with Crippen LogP contribution in [0.5, 0.6) is 11.5 Å². The number of nitrogens with one attached hydrogen (secondary N) is 1. The number of halogens is 2. The number of methoxy groups -OCH3 is 1. The monoisotopic (exact) mass is 311 g/mol. The van der Waals surface area contributed by atoms with E-state index in [2.05, 4.69) is 5.32 Å². The summed E-state index contributed by atoms with van der Waals surface area (Å²) in [6, 6.07) is 11.5. The molecule has 2 rings (SSSR count). The van der Waals surface area contributed by atoms with E-state index >= 15 is 0 Å². The summed E-state index contributed by atoms with van der Waals surface area (Å²) in [7, 11) is 1.57. The van der Waals surface area contributed by atoms with Gasteiger partial charge in [-0.25, -0.2) is 4.79 Å². The van der Waals surface area contributed by atoms with Gasteiger partial charge in [0.25, 0.3) is 0 Å². The lowest BCUT2D eigenvalue weighted by Crippen LogP contribution is -2.16. The maximum atomic E-state index is 11.7. The molecule has 0 aliphatic rings. The first-order valence-electron chi connectivity index (χ1n) is 5.66. The van der Waals surface area contributed by atoms with Gasteiger partial charge in [0, 0.05) is 10.7 Å². The number of hydrogen-bond donors (Lipinski definition) is 1. The van der Waals surface area contributed by atoms with E-state index in [9.17, 15) is 4.79 Å². The van der Waals surface area contributed by atoms with Crippen LogP contribution in [0.25, 0.3) is 0 Å². The van der Waals surface area contributed by atoms with Gasteiger partial charge in [0.05, 0.1) is 12.1 Å². The molecule has 0 saturated carbocycles. The number of ether oxygens (including phenoxy) is 2. The molecule has 0 bridgehead atoms. The molecule has 6 heteroatoms. The van der Waals surface area contributed by atoms with Gasteiger partial charge in [0.1, 0.15) is 5.75 Å². The quantitative estimate of drug-likeness (QED) is 0.900. The van der Waals surface area contributed by atoms with Crippen LogP contribution in [0.15, 0.2) is 42.5 Å². The molecule has 1 amide bonds. The fourth-order valence-corrected chi connectivity index (χ4v) is 1.92. The summed E-state index contributed by atoms with van der Waals surface area (Å²) in [6.45, 7) is 0. The van der Waals surface area contributed by atoms with Gasteiger partial charge in [-0.15, -0.1) is 0 Å². The third-order valence-electron chi connectivity index (χ3n) is 2.43. The Balaban J connectivity index is 2.01. The highest BCUT2D eigenvalue weighted by Crippen LogP contribution is 2.27. The SMILES string of the molecule is COc1ccc(NC(=O)Oc2ccc(Cl)cc2Cl)cc1. The Morgan fingerprint density at radius 2 is 1.80 bits per heavy atom. The molecule has 0 heterocycles. The zero-order chi connectivity index (χ0) is 14.5. The summed E-state index contributed by atoms with van der Waals surface area (Å²) in [5.41, 5.74) is 0.584. The number of carbonyl (C=O) groups excluding carboxylic acids is 1. The molecule has 0 atom stereocenters. The highest BCUT2D eigenvalue weighted by atomic mass is 35.5. The Morgan fingerprint density at radius 3 is 2.40 bits per heavy atom. The molecule has 0 aliphatic heterocycles. The van der Waals surface area contributed by atoms with Crippen molar-refractivity contribution in [2.75, 3.05) is 12.4 Å². The van der Waals surface area contributed by atoms with Crippen molar-refractivity contribution in [3.63, 3.8) is 0 Å². The number of benzene rings is 2. The first-order valence-corrected chi connectivity index (χ1v) is 6.42. The molecule has 4 nitrogen and oxygen atoms in total. The van der Waals surface area contributed by atoms with Crippen LogP contribution in [0.2, 0.25) is 10.0 Å². The number of carbonyl (C=O) groups is 1. The van der Waals surface area contributed by atoms with E-state index in [1.54, 1.807) is 37.4 Å². The summed E-state index contributed by atoms with van der Waals surface area (Å²) in [6.07, 6.45) is -0.639. The van der Waals surface area contributed by atoms with E-state index in [1.165, 1.54) is 12.1 Å². The highest BCUT2D eigenvalue weighted by Gasteiger charge is 2.09. The molecule has 2 aromatic rings. The molecule has 2 aromatic carbocycles. The second kappa shape index (κ2) is 6.50. The molecular formula is C14H11Cl2NO3. The number of amides is 1. The van der Waals surface area contributed by atoms with Crippen molar-refractivity contribution < 1.29 is 14.3 Å². The van der Waals surface area contributed by atoms with E-state index in [4.69, 9.17) is 32.7 Å². The minimum Gasteiger partial charge on any atom is -0.497 e. The molecule has 0 saturated heterocycles. The van der Waals surface area contributed by atoms with E-state index < -0.39 is 6.09 Å². The van der Waals surface area contributed by atoms with Crippen LogP contribution in [0.4, 0.5) is 10.5 Å². The standard InChI is InChI=1S/C14H11Cl2NO3/c1-19-11-5-3-10(4-6-11)17-14(18)20-13-7-2-9(15)8-12(13)16/h2-8H,1H3,(H,17,18). The number of hydrogen-bond acceptors (Lipinski definition) is 3. The van der Waals surface area contributed by atoms with Crippen LogP contribution in [0, 0.1) is 0 Å². The van der Waals surface area contributed by atoms with E-state index in [0.717, 1.165) is 0 Å². The van der Waals surface area contributed by atoms with Crippen molar-refractivity contribution in [3.8, 4) is 11.5 Å². The van der Waals surface area contributed by atoms with Gasteiger partial charge in [-0.05, 0) is 42.5 Å². The maximum Gasteiger partial charge on any atom is 0.417 e. The van der Waals surface area contributed by atoms with Gasteiger partial charge < -0.3 is 9.47 Å². The number of anilines is 1. The van der Waals surface area contributed by atoms with Crippen molar-refractivity contribution >= 4 is 35.0 Å². The van der Waals surface area contributed by atoms with Gasteiger partial charge in [-0.2, -0.15) is 0 Å². The lowest BCUT2D eigenvalue weighted by atomic mass is 10.3. The molecule has 0 spiro atoms. The fourth-order valence-electron chi connectivity index (χ4n) is 1.48. The van der Waals surface area contributed by atoms with Gasteiger partial charge in [-0.1, -0.05) is 23.2 Å². The lowest BCUT2D eigenvalue weighted by molar-refractivity contribution is 0.215. The second-order valence-corrected chi connectivity index (χ2v) is 4.66. The Hall–Kier alpha value is -1.91. The Morgan fingerprint density at radius 1 is 1.10 bits per heavy atom. The maximum absolute atomic E-state index is 11.7. The van der Waals surface area contributed by atoms with Crippen LogP contribution in [0.3, 0.4) is 0 Å². The van der Waals surface area contributed by atoms with Gasteiger partial charge in [-0.3, -0.25) is 5.32 Å². The summed E-state index contributed by atoms with van der Waals surface area (Å²) in [4.78, 5) is 11.7. The molecule has 0 aromatic heterocycles. The smallest absolute Gasteiger partial charge is 0.417 e. The predicted octanol–water partition coefficient (Wildman–Crippen LogP) is 4.61. The van der Waals surface area contributed by atoms with Gasteiger partial charge >= 0.3 is 6.09 Å². The first-order chi connectivity index (χ1) is 9.58. The van der Waals surface area contributed by atoms with Crippen LogP contribution < -0.4 is 14.8 Å². The third kappa shape index (κ3) is 3.79. The zero-order valence-electron chi connectivity index (χ0n) is 10.5. The zero-order valence-corrected chi connectivity index (χ0v) is 12.0. The molecule has 0 radical (unpaired) electrons. The van der Waals surface area contributed by atoms with E-state index in [1.807, 2.05) is 0 Å². The van der Waals surface area contributed by atoms with E-state index in [-0.39, 0.29) is 10.8 Å². The normalized spacial score (nSPS) is 9.95.